The molecule has 0 aromatic heterocycles. The Bertz CT molecular complexity index is 519. The average Bonchev–Trinajstić information content (AvgIpc) is 2.33. The molecule has 114 valence electrons. The third kappa shape index (κ3) is 6.80. The van der Waals surface area contributed by atoms with Crippen molar-refractivity contribution in [3.63, 3.8) is 0 Å². The zero-order valence-electron chi connectivity index (χ0n) is 13.5. The zero-order chi connectivity index (χ0) is 16.1. The number of ether oxygens (including phenoxy) is 1. The molecule has 4 heteroatoms. The minimum atomic E-state index is -0.274. The van der Waals surface area contributed by atoms with Crippen LogP contribution in [0.15, 0.2) is 24.3 Å². The molecule has 0 saturated carbocycles. The molecule has 0 unspecified atom stereocenters. The molecule has 1 rings (SSSR count). The minimum absolute atomic E-state index is 0.0283. The third-order valence-corrected chi connectivity index (χ3v) is 2.80. The number of carbonyl (C=O) groups is 1. The highest BCUT2D eigenvalue weighted by molar-refractivity contribution is 5.78. The van der Waals surface area contributed by atoms with Gasteiger partial charge >= 0.3 is 0 Å². The van der Waals surface area contributed by atoms with Crippen LogP contribution in [0.1, 0.15) is 46.6 Å². The maximum Gasteiger partial charge on any atom is 0.258 e. The maximum atomic E-state index is 12.0. The third-order valence-electron chi connectivity index (χ3n) is 2.80. The second kappa shape index (κ2) is 6.62. The summed E-state index contributed by atoms with van der Waals surface area (Å²) in [6, 6.07) is 8.74. The van der Waals surface area contributed by atoms with Crippen molar-refractivity contribution < 1.29 is 9.53 Å². The first kappa shape index (κ1) is 17.0. The standard InChI is InChI=1S/C17H24N2O2/c1-16(2,3)12-17(4,5)19-15(20)11-21-14-8-6-13(10-18)7-9-14/h6-9H,11-12H2,1-5H3,(H,19,20). The van der Waals surface area contributed by atoms with Crippen LogP contribution in [0, 0.1) is 16.7 Å². The molecule has 0 aliphatic carbocycles. The van der Waals surface area contributed by atoms with Crippen molar-refractivity contribution in [2.24, 2.45) is 5.41 Å². The fourth-order valence-electron chi connectivity index (χ4n) is 2.56. The van der Waals surface area contributed by atoms with E-state index < -0.39 is 0 Å². The predicted octanol–water partition coefficient (Wildman–Crippen LogP) is 3.27. The summed E-state index contributed by atoms with van der Waals surface area (Å²) in [5, 5.41) is 11.7. The molecule has 0 aliphatic heterocycles. The highest BCUT2D eigenvalue weighted by Gasteiger charge is 2.26. The first-order chi connectivity index (χ1) is 9.61. The highest BCUT2D eigenvalue weighted by Crippen LogP contribution is 2.26. The lowest BCUT2D eigenvalue weighted by molar-refractivity contribution is -0.125. The maximum absolute atomic E-state index is 12.0. The summed E-state index contributed by atoms with van der Waals surface area (Å²) in [5.74, 6) is 0.436. The van der Waals surface area contributed by atoms with Gasteiger partial charge in [-0.3, -0.25) is 4.79 Å². The molecule has 0 radical (unpaired) electrons. The summed E-state index contributed by atoms with van der Waals surface area (Å²) >= 11 is 0. The molecule has 0 heterocycles. The second-order valence-electron chi connectivity index (χ2n) is 7.09. The van der Waals surface area contributed by atoms with Crippen molar-refractivity contribution in [3.8, 4) is 11.8 Å². The normalized spacial score (nSPS) is 11.6. The second-order valence-corrected chi connectivity index (χ2v) is 7.09. The van der Waals surface area contributed by atoms with Crippen LogP contribution in [-0.4, -0.2) is 18.1 Å². The Kier molecular flexibility index (Phi) is 5.37. The van der Waals surface area contributed by atoms with Gasteiger partial charge in [0.1, 0.15) is 5.75 Å². The van der Waals surface area contributed by atoms with Crippen molar-refractivity contribution in [3.05, 3.63) is 29.8 Å². The Labute approximate surface area is 127 Å². The molecule has 1 N–H and O–H groups in total. The fourth-order valence-corrected chi connectivity index (χ4v) is 2.56. The molecule has 0 saturated heterocycles. The van der Waals surface area contributed by atoms with E-state index in [-0.39, 0.29) is 23.5 Å². The number of amides is 1. The van der Waals surface area contributed by atoms with Crippen LogP contribution in [0.4, 0.5) is 0 Å². The number of nitriles is 1. The van der Waals surface area contributed by atoms with Gasteiger partial charge in [0.2, 0.25) is 0 Å². The summed E-state index contributed by atoms with van der Waals surface area (Å²) in [7, 11) is 0. The molecule has 21 heavy (non-hydrogen) atoms. The van der Waals surface area contributed by atoms with Gasteiger partial charge in [-0.1, -0.05) is 20.8 Å². The molecular formula is C17H24N2O2. The van der Waals surface area contributed by atoms with Crippen LogP contribution < -0.4 is 10.1 Å². The summed E-state index contributed by atoms with van der Waals surface area (Å²) in [6.45, 7) is 10.4. The van der Waals surface area contributed by atoms with E-state index in [1.807, 2.05) is 19.9 Å². The number of carbonyl (C=O) groups excluding carboxylic acids is 1. The summed E-state index contributed by atoms with van der Waals surface area (Å²) in [5.41, 5.74) is 0.437. The lowest BCUT2D eigenvalue weighted by Crippen LogP contribution is -2.47. The van der Waals surface area contributed by atoms with Gasteiger partial charge in [-0.15, -0.1) is 0 Å². The predicted molar refractivity (Wildman–Crippen MR) is 82.9 cm³/mol. The Morgan fingerprint density at radius 1 is 1.19 bits per heavy atom. The van der Waals surface area contributed by atoms with Gasteiger partial charge in [0.05, 0.1) is 11.6 Å². The number of hydrogen-bond acceptors (Lipinski definition) is 3. The van der Waals surface area contributed by atoms with Gasteiger partial charge in [0, 0.05) is 5.54 Å². The molecule has 0 aliphatic rings. The number of rotatable bonds is 5. The molecule has 0 spiro atoms. The van der Waals surface area contributed by atoms with Gasteiger partial charge in [-0.05, 0) is 49.9 Å². The van der Waals surface area contributed by atoms with E-state index in [9.17, 15) is 4.79 Å². The topological polar surface area (TPSA) is 62.1 Å². The summed E-state index contributed by atoms with van der Waals surface area (Å²) in [4.78, 5) is 12.0. The highest BCUT2D eigenvalue weighted by atomic mass is 16.5. The zero-order valence-corrected chi connectivity index (χ0v) is 13.5. The van der Waals surface area contributed by atoms with E-state index in [2.05, 4.69) is 26.1 Å². The number of nitrogens with zero attached hydrogens (tertiary/aromatic N) is 1. The minimum Gasteiger partial charge on any atom is -0.484 e. The van der Waals surface area contributed by atoms with Gasteiger partial charge in [0.15, 0.2) is 6.61 Å². The monoisotopic (exact) mass is 288 g/mol. The molecule has 4 nitrogen and oxygen atoms in total. The Balaban J connectivity index is 2.48. The summed E-state index contributed by atoms with van der Waals surface area (Å²) in [6.07, 6.45) is 0.878. The Hall–Kier alpha value is -2.02. The molecule has 1 amide bonds. The smallest absolute Gasteiger partial charge is 0.258 e. The van der Waals surface area contributed by atoms with E-state index in [1.54, 1.807) is 24.3 Å². The van der Waals surface area contributed by atoms with Crippen molar-refractivity contribution in [2.45, 2.75) is 46.6 Å². The number of benzene rings is 1. The Morgan fingerprint density at radius 3 is 2.24 bits per heavy atom. The van der Waals surface area contributed by atoms with Crippen molar-refractivity contribution >= 4 is 5.91 Å². The van der Waals surface area contributed by atoms with Crippen molar-refractivity contribution in [2.75, 3.05) is 6.61 Å². The van der Waals surface area contributed by atoms with Crippen LogP contribution in [0.25, 0.3) is 0 Å². The summed E-state index contributed by atoms with van der Waals surface area (Å²) < 4.78 is 5.42. The van der Waals surface area contributed by atoms with Crippen LogP contribution in [0.5, 0.6) is 5.75 Å². The quantitative estimate of drug-likeness (QED) is 0.904. The molecule has 0 fully saturated rings. The van der Waals surface area contributed by atoms with Crippen LogP contribution in [0.2, 0.25) is 0 Å². The number of nitrogens with one attached hydrogen (secondary N) is 1. The van der Waals surface area contributed by atoms with E-state index >= 15 is 0 Å². The van der Waals surface area contributed by atoms with Crippen LogP contribution in [-0.2, 0) is 4.79 Å². The van der Waals surface area contributed by atoms with Gasteiger partial charge in [-0.2, -0.15) is 5.26 Å². The van der Waals surface area contributed by atoms with Crippen molar-refractivity contribution in [1.29, 1.82) is 5.26 Å². The van der Waals surface area contributed by atoms with Gasteiger partial charge in [0.25, 0.3) is 5.91 Å². The molecule has 1 aromatic rings. The first-order valence-corrected chi connectivity index (χ1v) is 7.05. The van der Waals surface area contributed by atoms with Crippen molar-refractivity contribution in [1.82, 2.24) is 5.32 Å². The van der Waals surface area contributed by atoms with E-state index in [4.69, 9.17) is 10.00 Å². The SMILES string of the molecule is CC(C)(C)CC(C)(C)NC(=O)COc1ccc(C#N)cc1. The van der Waals surface area contributed by atoms with Gasteiger partial charge < -0.3 is 10.1 Å². The average molecular weight is 288 g/mol. The van der Waals surface area contributed by atoms with Crippen LogP contribution in [0.3, 0.4) is 0 Å². The lowest BCUT2D eigenvalue weighted by atomic mass is 9.82. The first-order valence-electron chi connectivity index (χ1n) is 7.05. The lowest BCUT2D eigenvalue weighted by Gasteiger charge is -2.33. The van der Waals surface area contributed by atoms with Crippen LogP contribution >= 0.6 is 0 Å². The van der Waals surface area contributed by atoms with E-state index in [1.165, 1.54) is 0 Å². The van der Waals surface area contributed by atoms with E-state index in [0.717, 1.165) is 6.42 Å². The number of hydrogen-bond donors (Lipinski definition) is 1. The molecular weight excluding hydrogens is 264 g/mol. The molecule has 1 aromatic carbocycles. The molecule has 0 bridgehead atoms. The van der Waals surface area contributed by atoms with E-state index in [0.29, 0.717) is 11.3 Å². The molecule has 0 atom stereocenters. The van der Waals surface area contributed by atoms with Gasteiger partial charge in [-0.25, -0.2) is 0 Å². The Morgan fingerprint density at radius 2 is 1.76 bits per heavy atom. The largest absolute Gasteiger partial charge is 0.484 e. The fraction of sp³-hybridized carbons (Fsp3) is 0.529.